The Bertz CT molecular complexity index is 390. The van der Waals surface area contributed by atoms with Crippen molar-refractivity contribution in [3.8, 4) is 5.75 Å². The summed E-state index contributed by atoms with van der Waals surface area (Å²) in [4.78, 5) is 0. The van der Waals surface area contributed by atoms with Crippen molar-refractivity contribution in [3.63, 3.8) is 0 Å². The van der Waals surface area contributed by atoms with E-state index >= 15 is 0 Å². The Hall–Kier alpha value is -1.37. The van der Waals surface area contributed by atoms with E-state index in [-0.39, 0.29) is 0 Å². The third kappa shape index (κ3) is 2.24. The van der Waals surface area contributed by atoms with E-state index < -0.39 is 35.2 Å². The minimum absolute atomic E-state index is 0.490. The zero-order chi connectivity index (χ0) is 12.5. The predicted octanol–water partition coefficient (Wildman–Crippen LogP) is 2.54. The fraction of sp³-hybridized carbons (Fsp3) is 0.333. The Balaban J connectivity index is 3.32. The topological polar surface area (TPSA) is 35.2 Å². The number of hydrogen-bond donors (Lipinski definition) is 1. The fourth-order valence-electron chi connectivity index (χ4n) is 1.16. The molecule has 0 bridgehead atoms. The zero-order valence-electron chi connectivity index (χ0n) is 8.11. The standard InChI is InChI=1S/C9H8F5NO/c1-16-5-3-2-4(10)6(7(5)11)8(15)9(12,13)14/h2-3,8H,15H2,1H3/t8-/m0/s1. The average Bonchev–Trinajstić information content (AvgIpc) is 2.16. The van der Waals surface area contributed by atoms with Gasteiger partial charge in [-0.05, 0) is 12.1 Å². The van der Waals surface area contributed by atoms with E-state index in [2.05, 4.69) is 4.74 Å². The van der Waals surface area contributed by atoms with Crippen LogP contribution < -0.4 is 10.5 Å². The molecule has 0 heterocycles. The van der Waals surface area contributed by atoms with Crippen LogP contribution in [0.1, 0.15) is 11.6 Å². The molecule has 0 aliphatic heterocycles. The van der Waals surface area contributed by atoms with Crippen LogP contribution in [0.5, 0.6) is 5.75 Å². The van der Waals surface area contributed by atoms with Gasteiger partial charge in [0.25, 0.3) is 0 Å². The lowest BCUT2D eigenvalue weighted by molar-refractivity contribution is -0.150. The maximum absolute atomic E-state index is 13.4. The quantitative estimate of drug-likeness (QED) is 0.807. The summed E-state index contributed by atoms with van der Waals surface area (Å²) in [5, 5.41) is 0. The van der Waals surface area contributed by atoms with E-state index in [0.29, 0.717) is 6.07 Å². The third-order valence-corrected chi connectivity index (χ3v) is 1.97. The summed E-state index contributed by atoms with van der Waals surface area (Å²) in [7, 11) is 1.05. The molecule has 0 radical (unpaired) electrons. The lowest BCUT2D eigenvalue weighted by atomic mass is 10.1. The second-order valence-electron chi connectivity index (χ2n) is 3.00. The minimum atomic E-state index is -4.92. The second kappa shape index (κ2) is 4.25. The molecule has 1 aromatic carbocycles. The average molecular weight is 241 g/mol. The van der Waals surface area contributed by atoms with Crippen LogP contribution in [0.25, 0.3) is 0 Å². The summed E-state index contributed by atoms with van der Waals surface area (Å²) in [6, 6.07) is -1.16. The number of ether oxygens (including phenoxy) is 1. The van der Waals surface area contributed by atoms with Crippen molar-refractivity contribution in [3.05, 3.63) is 29.3 Å². The Labute approximate surface area is 87.8 Å². The summed E-state index contributed by atoms with van der Waals surface area (Å²) >= 11 is 0. The van der Waals surface area contributed by atoms with E-state index in [0.717, 1.165) is 13.2 Å². The Morgan fingerprint density at radius 2 is 1.81 bits per heavy atom. The molecule has 2 N–H and O–H groups in total. The lowest BCUT2D eigenvalue weighted by Crippen LogP contribution is -2.30. The van der Waals surface area contributed by atoms with Crippen molar-refractivity contribution < 1.29 is 26.7 Å². The lowest BCUT2D eigenvalue weighted by Gasteiger charge is -2.18. The van der Waals surface area contributed by atoms with E-state index in [1.807, 2.05) is 0 Å². The Morgan fingerprint density at radius 3 is 2.25 bits per heavy atom. The summed E-state index contributed by atoms with van der Waals surface area (Å²) in [5.41, 5.74) is 3.49. The molecule has 90 valence electrons. The molecule has 0 aliphatic carbocycles. The van der Waals surface area contributed by atoms with Crippen LogP contribution in [0.3, 0.4) is 0 Å². The molecule has 0 amide bonds. The van der Waals surface area contributed by atoms with Gasteiger partial charge in [0, 0.05) is 0 Å². The van der Waals surface area contributed by atoms with Crippen LogP contribution in [-0.4, -0.2) is 13.3 Å². The number of benzene rings is 1. The maximum Gasteiger partial charge on any atom is 0.407 e. The number of nitrogens with two attached hydrogens (primary N) is 1. The van der Waals surface area contributed by atoms with Crippen LogP contribution in [-0.2, 0) is 0 Å². The first-order valence-corrected chi connectivity index (χ1v) is 4.13. The van der Waals surface area contributed by atoms with Gasteiger partial charge in [-0.15, -0.1) is 0 Å². The molecular formula is C9H8F5NO. The predicted molar refractivity (Wildman–Crippen MR) is 45.9 cm³/mol. The van der Waals surface area contributed by atoms with Gasteiger partial charge in [0.2, 0.25) is 0 Å². The van der Waals surface area contributed by atoms with E-state index in [1.54, 1.807) is 0 Å². The van der Waals surface area contributed by atoms with E-state index in [4.69, 9.17) is 5.73 Å². The van der Waals surface area contributed by atoms with Crippen molar-refractivity contribution in [2.75, 3.05) is 7.11 Å². The molecule has 0 aromatic heterocycles. The monoisotopic (exact) mass is 241 g/mol. The van der Waals surface area contributed by atoms with E-state index in [9.17, 15) is 22.0 Å². The molecule has 0 saturated carbocycles. The molecule has 1 rings (SSSR count). The first-order valence-electron chi connectivity index (χ1n) is 4.13. The molecular weight excluding hydrogens is 233 g/mol. The second-order valence-corrected chi connectivity index (χ2v) is 3.00. The van der Waals surface area contributed by atoms with Crippen LogP contribution in [0, 0.1) is 11.6 Å². The summed E-state index contributed by atoms with van der Waals surface area (Å²) in [6.07, 6.45) is -4.92. The largest absolute Gasteiger partial charge is 0.494 e. The van der Waals surface area contributed by atoms with E-state index in [1.165, 1.54) is 0 Å². The van der Waals surface area contributed by atoms with Gasteiger partial charge in [0.05, 0.1) is 12.7 Å². The molecule has 2 nitrogen and oxygen atoms in total. The van der Waals surface area contributed by atoms with Crippen molar-refractivity contribution in [2.45, 2.75) is 12.2 Å². The van der Waals surface area contributed by atoms with Gasteiger partial charge in [0.1, 0.15) is 11.9 Å². The number of hydrogen-bond acceptors (Lipinski definition) is 2. The van der Waals surface area contributed by atoms with Crippen LogP contribution in [0.15, 0.2) is 12.1 Å². The summed E-state index contributed by atoms with van der Waals surface area (Å²) < 4.78 is 67.6. The molecule has 0 unspecified atom stereocenters. The van der Waals surface area contributed by atoms with Gasteiger partial charge >= 0.3 is 6.18 Å². The van der Waals surface area contributed by atoms with Crippen molar-refractivity contribution in [1.29, 1.82) is 0 Å². The SMILES string of the molecule is COc1ccc(F)c([C@H](N)C(F)(F)F)c1F. The van der Waals surface area contributed by atoms with Gasteiger partial charge < -0.3 is 10.5 Å². The number of methoxy groups -OCH3 is 1. The highest BCUT2D eigenvalue weighted by Crippen LogP contribution is 2.35. The maximum atomic E-state index is 13.4. The molecule has 0 spiro atoms. The molecule has 0 fully saturated rings. The molecule has 7 heteroatoms. The Morgan fingerprint density at radius 1 is 1.25 bits per heavy atom. The highest BCUT2D eigenvalue weighted by Gasteiger charge is 2.41. The highest BCUT2D eigenvalue weighted by molar-refractivity contribution is 5.34. The number of rotatable bonds is 2. The molecule has 0 saturated heterocycles. The molecule has 1 aromatic rings. The molecule has 16 heavy (non-hydrogen) atoms. The number of halogens is 5. The van der Waals surface area contributed by atoms with Gasteiger partial charge in [-0.25, -0.2) is 8.78 Å². The normalized spacial score (nSPS) is 13.7. The van der Waals surface area contributed by atoms with Gasteiger partial charge in [-0.2, -0.15) is 13.2 Å². The van der Waals surface area contributed by atoms with Crippen molar-refractivity contribution in [2.24, 2.45) is 5.73 Å². The minimum Gasteiger partial charge on any atom is -0.494 e. The smallest absolute Gasteiger partial charge is 0.407 e. The van der Waals surface area contributed by atoms with Crippen molar-refractivity contribution >= 4 is 0 Å². The van der Waals surface area contributed by atoms with Gasteiger partial charge in [-0.3, -0.25) is 0 Å². The first-order chi connectivity index (χ1) is 7.29. The highest BCUT2D eigenvalue weighted by atomic mass is 19.4. The van der Waals surface area contributed by atoms with Crippen LogP contribution >= 0.6 is 0 Å². The van der Waals surface area contributed by atoms with Gasteiger partial charge in [0.15, 0.2) is 11.6 Å². The fourth-order valence-corrected chi connectivity index (χ4v) is 1.16. The third-order valence-electron chi connectivity index (χ3n) is 1.97. The molecule has 1 atom stereocenters. The summed E-state index contributed by atoms with van der Waals surface area (Å²) in [6.45, 7) is 0. The summed E-state index contributed by atoms with van der Waals surface area (Å²) in [5.74, 6) is -3.29. The number of alkyl halides is 3. The Kier molecular flexibility index (Phi) is 3.37. The van der Waals surface area contributed by atoms with Crippen LogP contribution in [0.4, 0.5) is 22.0 Å². The van der Waals surface area contributed by atoms with Gasteiger partial charge in [-0.1, -0.05) is 0 Å². The zero-order valence-corrected chi connectivity index (χ0v) is 8.11. The molecule has 0 aliphatic rings. The first kappa shape index (κ1) is 12.7. The van der Waals surface area contributed by atoms with Crippen LogP contribution in [0.2, 0.25) is 0 Å². The van der Waals surface area contributed by atoms with Crippen molar-refractivity contribution in [1.82, 2.24) is 0 Å².